The highest BCUT2D eigenvalue weighted by Gasteiger charge is 2.13. The molecular weight excluding hydrogens is 324 g/mol. The van der Waals surface area contributed by atoms with Crippen LogP contribution in [-0.4, -0.2) is 15.0 Å². The first kappa shape index (κ1) is 16.2. The molecule has 3 aromatic rings. The molecule has 1 heterocycles. The fourth-order valence-electron chi connectivity index (χ4n) is 2.42. The van der Waals surface area contributed by atoms with E-state index in [1.54, 1.807) is 0 Å². The molecule has 0 unspecified atom stereocenters. The van der Waals surface area contributed by atoms with E-state index in [1.165, 1.54) is 24.3 Å². The van der Waals surface area contributed by atoms with Crippen LogP contribution in [0, 0.1) is 11.3 Å². The lowest BCUT2D eigenvalue weighted by Gasteiger charge is -2.06. The number of benzene rings is 2. The zero-order valence-electron chi connectivity index (χ0n) is 12.9. The van der Waals surface area contributed by atoms with Crippen molar-refractivity contribution in [1.82, 2.24) is 4.72 Å². The van der Waals surface area contributed by atoms with Crippen LogP contribution in [0.2, 0.25) is 0 Å². The van der Waals surface area contributed by atoms with Gasteiger partial charge in [-0.3, -0.25) is 0 Å². The molecule has 1 aromatic heterocycles. The second-order valence-corrected chi connectivity index (χ2v) is 7.16. The molecule has 3 rings (SSSR count). The van der Waals surface area contributed by atoms with Crippen LogP contribution in [0.3, 0.4) is 0 Å². The number of aryl methyl sites for hydroxylation is 1. The molecule has 0 saturated heterocycles. The summed E-state index contributed by atoms with van der Waals surface area (Å²) in [7, 11) is -3.55. The number of nitrogens with zero attached hydrogens (tertiary/aromatic N) is 1. The molecule has 0 aliphatic carbocycles. The van der Waals surface area contributed by atoms with Crippen LogP contribution in [0.15, 0.2) is 63.9 Å². The second-order valence-electron chi connectivity index (χ2n) is 5.39. The minimum atomic E-state index is -3.55. The summed E-state index contributed by atoms with van der Waals surface area (Å²) < 4.78 is 32.6. The summed E-state index contributed by atoms with van der Waals surface area (Å²) in [5, 5.41) is 9.79. The van der Waals surface area contributed by atoms with E-state index >= 15 is 0 Å². The summed E-state index contributed by atoms with van der Waals surface area (Å²) in [6.45, 7) is 0.319. The normalized spacial score (nSPS) is 11.5. The molecule has 0 saturated carbocycles. The molecule has 0 aliphatic rings. The molecule has 0 bridgehead atoms. The van der Waals surface area contributed by atoms with Gasteiger partial charge in [0.2, 0.25) is 10.0 Å². The SMILES string of the molecule is N#Cc1ccc(S(=O)(=O)NCCCc2cc3ccccc3o2)cc1. The Hall–Kier alpha value is -2.62. The lowest BCUT2D eigenvalue weighted by Crippen LogP contribution is -2.25. The van der Waals surface area contributed by atoms with Crippen molar-refractivity contribution in [1.29, 1.82) is 5.26 Å². The van der Waals surface area contributed by atoms with E-state index in [9.17, 15) is 8.42 Å². The van der Waals surface area contributed by atoms with Gasteiger partial charge >= 0.3 is 0 Å². The van der Waals surface area contributed by atoms with E-state index in [2.05, 4.69) is 4.72 Å². The Morgan fingerprint density at radius 2 is 1.83 bits per heavy atom. The predicted molar refractivity (Wildman–Crippen MR) is 90.9 cm³/mol. The van der Waals surface area contributed by atoms with Crippen molar-refractivity contribution in [3.05, 3.63) is 65.9 Å². The van der Waals surface area contributed by atoms with Gasteiger partial charge in [0.15, 0.2) is 0 Å². The van der Waals surface area contributed by atoms with Gasteiger partial charge in [-0.1, -0.05) is 18.2 Å². The maximum Gasteiger partial charge on any atom is 0.240 e. The molecule has 2 aromatic carbocycles. The standard InChI is InChI=1S/C18H16N2O3S/c19-13-14-7-9-17(10-8-14)24(21,22)20-11-3-5-16-12-15-4-1-2-6-18(15)23-16/h1-2,4,6-10,12,20H,3,5,11H2. The smallest absolute Gasteiger partial charge is 0.240 e. The fourth-order valence-corrected chi connectivity index (χ4v) is 3.50. The molecule has 0 spiro atoms. The molecule has 0 atom stereocenters. The summed E-state index contributed by atoms with van der Waals surface area (Å²) in [6.07, 6.45) is 1.29. The number of nitrogens with one attached hydrogen (secondary N) is 1. The highest BCUT2D eigenvalue weighted by molar-refractivity contribution is 7.89. The Morgan fingerprint density at radius 3 is 2.54 bits per heavy atom. The van der Waals surface area contributed by atoms with Gasteiger partial charge in [0, 0.05) is 18.4 Å². The van der Waals surface area contributed by atoms with Crippen molar-refractivity contribution >= 4 is 21.0 Å². The van der Waals surface area contributed by atoms with Gasteiger partial charge in [0.05, 0.1) is 16.5 Å². The van der Waals surface area contributed by atoms with Gasteiger partial charge in [-0.15, -0.1) is 0 Å². The summed E-state index contributed by atoms with van der Waals surface area (Å²) in [5.41, 5.74) is 1.27. The number of furan rings is 1. The van der Waals surface area contributed by atoms with Gasteiger partial charge < -0.3 is 4.42 Å². The molecule has 24 heavy (non-hydrogen) atoms. The van der Waals surface area contributed by atoms with E-state index in [0.717, 1.165) is 16.7 Å². The zero-order chi connectivity index (χ0) is 17.0. The van der Waals surface area contributed by atoms with Crippen LogP contribution in [0.1, 0.15) is 17.7 Å². The first-order valence-electron chi connectivity index (χ1n) is 7.56. The van der Waals surface area contributed by atoms with Crippen LogP contribution in [0.25, 0.3) is 11.0 Å². The molecule has 6 heteroatoms. The first-order chi connectivity index (χ1) is 11.6. The Morgan fingerprint density at radius 1 is 1.08 bits per heavy atom. The lowest BCUT2D eigenvalue weighted by atomic mass is 10.2. The van der Waals surface area contributed by atoms with E-state index in [0.29, 0.717) is 24.9 Å². The Bertz CT molecular complexity index is 950. The zero-order valence-corrected chi connectivity index (χ0v) is 13.7. The number of para-hydroxylation sites is 1. The minimum Gasteiger partial charge on any atom is -0.461 e. The van der Waals surface area contributed by atoms with Crippen LogP contribution >= 0.6 is 0 Å². The van der Waals surface area contributed by atoms with Gasteiger partial charge in [-0.05, 0) is 42.8 Å². The van der Waals surface area contributed by atoms with Crippen molar-refractivity contribution in [2.24, 2.45) is 0 Å². The molecule has 122 valence electrons. The molecular formula is C18H16N2O3S. The monoisotopic (exact) mass is 340 g/mol. The maximum absolute atomic E-state index is 12.2. The summed E-state index contributed by atoms with van der Waals surface area (Å²) in [6, 6.07) is 17.5. The second kappa shape index (κ2) is 6.87. The Kier molecular flexibility index (Phi) is 4.65. The third-order valence-electron chi connectivity index (χ3n) is 3.66. The summed E-state index contributed by atoms with van der Waals surface area (Å²) >= 11 is 0. The third kappa shape index (κ3) is 3.65. The van der Waals surface area contributed by atoms with Crippen molar-refractivity contribution in [2.45, 2.75) is 17.7 Å². The lowest BCUT2D eigenvalue weighted by molar-refractivity contribution is 0.533. The van der Waals surface area contributed by atoms with Gasteiger partial charge in [0.1, 0.15) is 11.3 Å². The Balaban J connectivity index is 1.56. The summed E-state index contributed by atoms with van der Waals surface area (Å²) in [5.74, 6) is 0.841. The summed E-state index contributed by atoms with van der Waals surface area (Å²) in [4.78, 5) is 0.158. The van der Waals surface area contributed by atoms with Crippen molar-refractivity contribution < 1.29 is 12.8 Å². The number of rotatable bonds is 6. The third-order valence-corrected chi connectivity index (χ3v) is 5.14. The van der Waals surface area contributed by atoms with Gasteiger partial charge in [0.25, 0.3) is 0 Å². The average Bonchev–Trinajstić information content (AvgIpc) is 3.01. The molecule has 0 fully saturated rings. The first-order valence-corrected chi connectivity index (χ1v) is 9.04. The fraction of sp³-hybridized carbons (Fsp3) is 0.167. The molecule has 0 aliphatic heterocycles. The van der Waals surface area contributed by atoms with Crippen LogP contribution in [0.5, 0.6) is 0 Å². The number of sulfonamides is 1. The van der Waals surface area contributed by atoms with Gasteiger partial charge in [-0.25, -0.2) is 13.1 Å². The van der Waals surface area contributed by atoms with Crippen LogP contribution in [-0.2, 0) is 16.4 Å². The van der Waals surface area contributed by atoms with E-state index in [4.69, 9.17) is 9.68 Å². The topological polar surface area (TPSA) is 83.1 Å². The van der Waals surface area contributed by atoms with E-state index < -0.39 is 10.0 Å². The molecule has 5 nitrogen and oxygen atoms in total. The van der Waals surface area contributed by atoms with Crippen molar-refractivity contribution in [2.75, 3.05) is 6.54 Å². The predicted octanol–water partition coefficient (Wildman–Crippen LogP) is 3.22. The highest BCUT2D eigenvalue weighted by atomic mass is 32.2. The van der Waals surface area contributed by atoms with Crippen LogP contribution in [0.4, 0.5) is 0 Å². The van der Waals surface area contributed by atoms with E-state index in [-0.39, 0.29) is 4.90 Å². The quantitative estimate of drug-likeness (QED) is 0.698. The number of hydrogen-bond acceptors (Lipinski definition) is 4. The van der Waals surface area contributed by atoms with Gasteiger partial charge in [-0.2, -0.15) is 5.26 Å². The minimum absolute atomic E-state index is 0.158. The number of hydrogen-bond donors (Lipinski definition) is 1. The maximum atomic E-state index is 12.2. The van der Waals surface area contributed by atoms with Crippen molar-refractivity contribution in [3.8, 4) is 6.07 Å². The molecule has 1 N–H and O–H groups in total. The number of nitriles is 1. The average molecular weight is 340 g/mol. The Labute approximate surface area is 140 Å². The van der Waals surface area contributed by atoms with Crippen LogP contribution < -0.4 is 4.72 Å². The number of fused-ring (bicyclic) bond motifs is 1. The largest absolute Gasteiger partial charge is 0.461 e. The molecule has 0 radical (unpaired) electrons. The van der Waals surface area contributed by atoms with Crippen molar-refractivity contribution in [3.63, 3.8) is 0 Å². The molecule has 0 amide bonds. The highest BCUT2D eigenvalue weighted by Crippen LogP contribution is 2.19. The van der Waals surface area contributed by atoms with E-state index in [1.807, 2.05) is 36.4 Å².